The maximum absolute atomic E-state index is 12.7. The summed E-state index contributed by atoms with van der Waals surface area (Å²) >= 11 is 0. The van der Waals surface area contributed by atoms with Gasteiger partial charge < -0.3 is 35.2 Å². The summed E-state index contributed by atoms with van der Waals surface area (Å²) in [6, 6.07) is 20.9. The number of rotatable bonds is 13. The zero-order valence-electron chi connectivity index (χ0n) is 27.2. The molecule has 0 saturated carbocycles. The van der Waals surface area contributed by atoms with Gasteiger partial charge in [-0.3, -0.25) is 4.79 Å². The van der Waals surface area contributed by atoms with Gasteiger partial charge in [0.15, 0.2) is 5.82 Å². The van der Waals surface area contributed by atoms with Crippen molar-refractivity contribution in [3.05, 3.63) is 84.2 Å². The Balaban J connectivity index is 1.14. The van der Waals surface area contributed by atoms with Gasteiger partial charge in [0.05, 0.1) is 13.2 Å². The molecular weight excluding hydrogens is 596 g/mol. The predicted octanol–water partition coefficient (Wildman–Crippen LogP) is 5.55. The number of aryl methyl sites for hydroxylation is 1. The monoisotopic (exact) mass is 638 g/mol. The van der Waals surface area contributed by atoms with Crippen molar-refractivity contribution >= 4 is 34.9 Å². The Bertz CT molecular complexity index is 1610. The number of benzene rings is 3. The summed E-state index contributed by atoms with van der Waals surface area (Å²) in [6.45, 7) is 6.33. The highest BCUT2D eigenvalue weighted by atomic mass is 16.5. The maximum atomic E-state index is 12.7. The SMILES string of the molecule is CCCCc1nc(-c2ccc(NC(=O)Nc3ccc(C(=O)Nc4ccc(OCCN(C)C)cc4)cc3)cc2)nc(N2CCOCC2)n1. The van der Waals surface area contributed by atoms with Crippen molar-refractivity contribution in [2.45, 2.75) is 26.2 Å². The smallest absolute Gasteiger partial charge is 0.323 e. The summed E-state index contributed by atoms with van der Waals surface area (Å²) in [5.41, 5.74) is 3.13. The van der Waals surface area contributed by atoms with Gasteiger partial charge >= 0.3 is 6.03 Å². The molecule has 1 fully saturated rings. The van der Waals surface area contributed by atoms with E-state index in [1.807, 2.05) is 55.4 Å². The lowest BCUT2D eigenvalue weighted by molar-refractivity contribution is 0.102. The van der Waals surface area contributed by atoms with Gasteiger partial charge in [0.25, 0.3) is 5.91 Å². The first-order valence-electron chi connectivity index (χ1n) is 15.9. The fourth-order valence-corrected chi connectivity index (χ4v) is 4.77. The molecule has 3 N–H and O–H groups in total. The van der Waals surface area contributed by atoms with Gasteiger partial charge in [0.2, 0.25) is 5.95 Å². The van der Waals surface area contributed by atoms with E-state index in [4.69, 9.17) is 24.4 Å². The number of anilines is 4. The lowest BCUT2D eigenvalue weighted by Crippen LogP contribution is -2.37. The Morgan fingerprint density at radius 2 is 1.45 bits per heavy atom. The van der Waals surface area contributed by atoms with Crippen LogP contribution in [0.25, 0.3) is 11.4 Å². The number of hydrogen-bond donors (Lipinski definition) is 3. The van der Waals surface area contributed by atoms with Crippen molar-refractivity contribution < 1.29 is 19.1 Å². The molecule has 4 aromatic rings. The molecule has 0 atom stereocenters. The zero-order valence-corrected chi connectivity index (χ0v) is 27.2. The second-order valence-corrected chi connectivity index (χ2v) is 11.4. The minimum Gasteiger partial charge on any atom is -0.492 e. The molecule has 0 unspecified atom stereocenters. The van der Waals surface area contributed by atoms with E-state index in [2.05, 4.69) is 27.8 Å². The Labute approximate surface area is 275 Å². The molecule has 12 heteroatoms. The molecular formula is C35H42N8O4. The van der Waals surface area contributed by atoms with E-state index in [0.29, 0.717) is 54.2 Å². The lowest BCUT2D eigenvalue weighted by atomic mass is 10.2. The van der Waals surface area contributed by atoms with Crippen LogP contribution in [0.15, 0.2) is 72.8 Å². The van der Waals surface area contributed by atoms with Crippen LogP contribution in [-0.2, 0) is 11.2 Å². The van der Waals surface area contributed by atoms with Gasteiger partial charge in [0, 0.05) is 54.2 Å². The zero-order chi connectivity index (χ0) is 33.0. The third-order valence-electron chi connectivity index (χ3n) is 7.44. The number of nitrogens with one attached hydrogen (secondary N) is 3. The van der Waals surface area contributed by atoms with Crippen molar-refractivity contribution in [2.75, 3.05) is 74.4 Å². The van der Waals surface area contributed by atoms with Crippen molar-refractivity contribution in [3.8, 4) is 17.1 Å². The largest absolute Gasteiger partial charge is 0.492 e. The van der Waals surface area contributed by atoms with Crippen LogP contribution in [0.1, 0.15) is 35.9 Å². The van der Waals surface area contributed by atoms with E-state index < -0.39 is 6.03 Å². The average Bonchev–Trinajstić information content (AvgIpc) is 3.09. The number of carbonyl (C=O) groups excluding carboxylic acids is 2. The van der Waals surface area contributed by atoms with Crippen LogP contribution >= 0.6 is 0 Å². The van der Waals surface area contributed by atoms with Gasteiger partial charge in [-0.2, -0.15) is 9.97 Å². The number of ether oxygens (including phenoxy) is 2. The van der Waals surface area contributed by atoms with Crippen LogP contribution in [0.5, 0.6) is 5.75 Å². The Kier molecular flexibility index (Phi) is 11.7. The number of morpholine rings is 1. The average molecular weight is 639 g/mol. The Morgan fingerprint density at radius 3 is 2.09 bits per heavy atom. The third-order valence-corrected chi connectivity index (χ3v) is 7.44. The van der Waals surface area contributed by atoms with Gasteiger partial charge in [-0.05, 0) is 93.3 Å². The first kappa shape index (κ1) is 33.3. The van der Waals surface area contributed by atoms with Crippen LogP contribution in [-0.4, -0.2) is 85.3 Å². The van der Waals surface area contributed by atoms with E-state index in [1.54, 1.807) is 36.4 Å². The van der Waals surface area contributed by atoms with E-state index in [-0.39, 0.29) is 5.91 Å². The van der Waals surface area contributed by atoms with Crippen LogP contribution in [0.4, 0.5) is 27.8 Å². The summed E-state index contributed by atoms with van der Waals surface area (Å²) in [5, 5.41) is 8.53. The number of likely N-dealkylation sites (N-methyl/N-ethyl adjacent to an activating group) is 1. The molecule has 1 aliphatic rings. The first-order chi connectivity index (χ1) is 22.9. The first-order valence-corrected chi connectivity index (χ1v) is 15.9. The van der Waals surface area contributed by atoms with Gasteiger partial charge in [-0.15, -0.1) is 0 Å². The summed E-state index contributed by atoms with van der Waals surface area (Å²) in [5.74, 6) is 2.54. The highest BCUT2D eigenvalue weighted by molar-refractivity contribution is 6.05. The number of amides is 3. The minimum absolute atomic E-state index is 0.255. The molecule has 3 amide bonds. The number of nitrogens with zero attached hydrogens (tertiary/aromatic N) is 5. The van der Waals surface area contributed by atoms with E-state index in [0.717, 1.165) is 56.0 Å². The molecule has 1 aromatic heterocycles. The molecule has 0 aliphatic carbocycles. The van der Waals surface area contributed by atoms with Gasteiger partial charge in [-0.25, -0.2) is 9.78 Å². The minimum atomic E-state index is -0.403. The van der Waals surface area contributed by atoms with E-state index in [9.17, 15) is 9.59 Å². The van der Waals surface area contributed by atoms with Gasteiger partial charge in [-0.1, -0.05) is 13.3 Å². The molecule has 0 radical (unpaired) electrons. The van der Waals surface area contributed by atoms with E-state index >= 15 is 0 Å². The lowest BCUT2D eigenvalue weighted by Gasteiger charge is -2.27. The normalized spacial score (nSPS) is 12.9. The van der Waals surface area contributed by atoms with Crippen molar-refractivity contribution in [1.82, 2.24) is 19.9 Å². The predicted molar refractivity (Wildman–Crippen MR) is 184 cm³/mol. The quantitative estimate of drug-likeness (QED) is 0.172. The second kappa shape index (κ2) is 16.5. The number of aromatic nitrogens is 3. The standard InChI is InChI=1S/C35H42N8O4/c1-4-5-6-31-39-32(41-34(40-31)43-20-22-46-23-21-43)25-7-11-28(12-8-25)37-35(45)38-29-13-9-26(10-14-29)33(44)36-27-15-17-30(18-16-27)47-24-19-42(2)3/h7-18H,4-6,19-24H2,1-3H3,(H,36,44)(H2,37,38,45). The summed E-state index contributed by atoms with van der Waals surface area (Å²) < 4.78 is 11.2. The topological polar surface area (TPSA) is 134 Å². The molecule has 3 aromatic carbocycles. The fraction of sp³-hybridized carbons (Fsp3) is 0.343. The number of hydrogen-bond acceptors (Lipinski definition) is 9. The van der Waals surface area contributed by atoms with Crippen LogP contribution < -0.4 is 25.6 Å². The molecule has 246 valence electrons. The molecule has 2 heterocycles. The highest BCUT2D eigenvalue weighted by Gasteiger charge is 2.17. The Morgan fingerprint density at radius 1 is 0.830 bits per heavy atom. The number of carbonyl (C=O) groups is 2. The molecule has 47 heavy (non-hydrogen) atoms. The molecule has 1 aliphatic heterocycles. The van der Waals surface area contributed by atoms with Crippen molar-refractivity contribution in [2.24, 2.45) is 0 Å². The maximum Gasteiger partial charge on any atom is 0.323 e. The third kappa shape index (κ3) is 9.96. The second-order valence-electron chi connectivity index (χ2n) is 11.4. The summed E-state index contributed by atoms with van der Waals surface area (Å²) in [6.07, 6.45) is 2.84. The van der Waals surface area contributed by atoms with E-state index in [1.165, 1.54) is 0 Å². The highest BCUT2D eigenvalue weighted by Crippen LogP contribution is 2.22. The Hall–Kier alpha value is -5.07. The molecule has 12 nitrogen and oxygen atoms in total. The molecule has 0 spiro atoms. The molecule has 5 rings (SSSR count). The van der Waals surface area contributed by atoms with Crippen LogP contribution in [0.2, 0.25) is 0 Å². The fourth-order valence-electron chi connectivity index (χ4n) is 4.77. The number of urea groups is 1. The molecule has 1 saturated heterocycles. The van der Waals surface area contributed by atoms with Crippen molar-refractivity contribution in [1.29, 1.82) is 0 Å². The summed E-state index contributed by atoms with van der Waals surface area (Å²) in [4.78, 5) is 43.9. The summed E-state index contributed by atoms with van der Waals surface area (Å²) in [7, 11) is 3.98. The van der Waals surface area contributed by atoms with Crippen LogP contribution in [0, 0.1) is 0 Å². The number of unbranched alkanes of at least 4 members (excludes halogenated alkanes) is 1. The molecule has 0 bridgehead atoms. The van der Waals surface area contributed by atoms with Crippen molar-refractivity contribution in [3.63, 3.8) is 0 Å². The van der Waals surface area contributed by atoms with Gasteiger partial charge in [0.1, 0.15) is 18.2 Å². The van der Waals surface area contributed by atoms with Crippen LogP contribution in [0.3, 0.4) is 0 Å².